The Balaban J connectivity index is 1.20. The first-order valence-corrected chi connectivity index (χ1v) is 12.7. The molecule has 1 aromatic carbocycles. The van der Waals surface area contributed by atoms with Gasteiger partial charge in [-0.3, -0.25) is 9.20 Å². The molecule has 0 saturated heterocycles. The number of nitrogens with zero attached hydrogens (tertiary/aromatic N) is 3. The van der Waals surface area contributed by atoms with Gasteiger partial charge in [0.25, 0.3) is 5.91 Å². The number of nitrogens with two attached hydrogens (primary N) is 1. The van der Waals surface area contributed by atoms with Gasteiger partial charge in [-0.15, -0.1) is 11.3 Å². The van der Waals surface area contributed by atoms with Crippen molar-refractivity contribution in [3.8, 4) is 10.6 Å². The third-order valence-corrected chi connectivity index (χ3v) is 7.77. The molecule has 0 unspecified atom stereocenters. The molecule has 0 atom stereocenters. The molecule has 34 heavy (non-hydrogen) atoms. The van der Waals surface area contributed by atoms with Crippen LogP contribution >= 0.6 is 22.7 Å². The smallest absolute Gasteiger partial charge is 0.265 e. The summed E-state index contributed by atoms with van der Waals surface area (Å²) in [7, 11) is 0. The Morgan fingerprint density at radius 2 is 1.91 bits per heavy atom. The number of hydrogen-bond acceptors (Lipinski definition) is 7. The standard InChI is InChI=1S/C25H22N6OS2/c26-17-5-1-2-6-18(17)29-24(32)20-10-11-23(33-20)30-25-28-14-21(34-25)19-13-27-22-7-3-4-16(31(19)22)12-15-8-9-15/h1-7,10-11,13-15H,8-9,12,26H2,(H,28,30)(H,29,32). The second-order valence-corrected chi connectivity index (χ2v) is 10.5. The number of anilines is 4. The van der Waals surface area contributed by atoms with Crippen LogP contribution in [0.15, 0.2) is 67.0 Å². The average Bonchev–Trinajstić information content (AvgIpc) is 3.21. The quantitative estimate of drug-likeness (QED) is 0.243. The van der Waals surface area contributed by atoms with E-state index >= 15 is 0 Å². The molecule has 4 N–H and O–H groups in total. The van der Waals surface area contributed by atoms with Gasteiger partial charge in [-0.1, -0.05) is 29.5 Å². The summed E-state index contributed by atoms with van der Waals surface area (Å²) in [6.45, 7) is 0. The number of thiazole rings is 1. The van der Waals surface area contributed by atoms with E-state index in [9.17, 15) is 4.79 Å². The van der Waals surface area contributed by atoms with Gasteiger partial charge in [0, 0.05) is 11.9 Å². The maximum atomic E-state index is 12.6. The largest absolute Gasteiger partial charge is 0.397 e. The molecule has 1 aliphatic rings. The molecular weight excluding hydrogens is 464 g/mol. The van der Waals surface area contributed by atoms with Crippen molar-refractivity contribution >= 4 is 55.7 Å². The maximum Gasteiger partial charge on any atom is 0.265 e. The molecule has 5 aromatic rings. The number of amides is 1. The molecule has 1 saturated carbocycles. The molecule has 7 nitrogen and oxygen atoms in total. The summed E-state index contributed by atoms with van der Waals surface area (Å²) in [6, 6.07) is 17.2. The Bertz CT molecular complexity index is 1500. The van der Waals surface area contributed by atoms with Gasteiger partial charge >= 0.3 is 0 Å². The summed E-state index contributed by atoms with van der Waals surface area (Å²) in [6.07, 6.45) is 7.51. The van der Waals surface area contributed by atoms with Crippen molar-refractivity contribution in [3.05, 3.63) is 77.6 Å². The molecule has 9 heteroatoms. The SMILES string of the molecule is Nc1ccccc1NC(=O)c1ccc(Nc2ncc(-c3cnc4cccc(CC5CC5)n34)s2)s1. The van der Waals surface area contributed by atoms with Crippen molar-refractivity contribution in [1.82, 2.24) is 14.4 Å². The lowest BCUT2D eigenvalue weighted by Crippen LogP contribution is -2.11. The maximum absolute atomic E-state index is 12.6. The van der Waals surface area contributed by atoms with Gasteiger partial charge in [0.05, 0.1) is 38.0 Å². The molecule has 0 bridgehead atoms. The third-order valence-electron chi connectivity index (χ3n) is 5.83. The lowest BCUT2D eigenvalue weighted by molar-refractivity contribution is 0.103. The Labute approximate surface area is 204 Å². The predicted molar refractivity (Wildman–Crippen MR) is 139 cm³/mol. The molecule has 4 aromatic heterocycles. The fraction of sp³-hybridized carbons (Fsp3) is 0.160. The van der Waals surface area contributed by atoms with E-state index in [1.54, 1.807) is 29.5 Å². The van der Waals surface area contributed by atoms with E-state index in [1.165, 1.54) is 29.9 Å². The van der Waals surface area contributed by atoms with Gasteiger partial charge < -0.3 is 16.4 Å². The van der Waals surface area contributed by atoms with Crippen LogP contribution in [0.1, 0.15) is 28.2 Å². The topological polar surface area (TPSA) is 97.3 Å². The fourth-order valence-corrected chi connectivity index (χ4v) is 5.63. The van der Waals surface area contributed by atoms with Crippen LogP contribution in [0.3, 0.4) is 0 Å². The van der Waals surface area contributed by atoms with E-state index < -0.39 is 0 Å². The molecule has 1 fully saturated rings. The monoisotopic (exact) mass is 486 g/mol. The highest BCUT2D eigenvalue weighted by Crippen LogP contribution is 2.36. The van der Waals surface area contributed by atoms with E-state index in [2.05, 4.69) is 37.1 Å². The van der Waals surface area contributed by atoms with Crippen molar-refractivity contribution in [2.24, 2.45) is 5.92 Å². The summed E-state index contributed by atoms with van der Waals surface area (Å²) >= 11 is 2.94. The van der Waals surface area contributed by atoms with E-state index in [4.69, 9.17) is 5.73 Å². The van der Waals surface area contributed by atoms with Crippen molar-refractivity contribution in [2.75, 3.05) is 16.4 Å². The molecule has 1 amide bonds. The molecule has 1 aliphatic carbocycles. The van der Waals surface area contributed by atoms with Crippen LogP contribution < -0.4 is 16.4 Å². The number of imidazole rings is 1. The Kier molecular flexibility index (Phi) is 5.27. The highest BCUT2D eigenvalue weighted by atomic mass is 32.1. The van der Waals surface area contributed by atoms with Crippen LogP contribution in [0.2, 0.25) is 0 Å². The van der Waals surface area contributed by atoms with Gasteiger partial charge in [-0.2, -0.15) is 0 Å². The molecule has 0 aliphatic heterocycles. The van der Waals surface area contributed by atoms with E-state index in [-0.39, 0.29) is 5.91 Å². The van der Waals surface area contributed by atoms with Crippen molar-refractivity contribution in [1.29, 1.82) is 0 Å². The zero-order valence-electron chi connectivity index (χ0n) is 18.2. The number of fused-ring (bicyclic) bond motifs is 1. The highest BCUT2D eigenvalue weighted by Gasteiger charge is 2.23. The number of para-hydroxylation sites is 2. The van der Waals surface area contributed by atoms with Crippen LogP contribution in [-0.4, -0.2) is 20.3 Å². The first kappa shape index (κ1) is 20.9. The summed E-state index contributed by atoms with van der Waals surface area (Å²) in [5.74, 6) is 0.604. The molecule has 0 spiro atoms. The van der Waals surface area contributed by atoms with Crippen LogP contribution in [0.4, 0.5) is 21.5 Å². The van der Waals surface area contributed by atoms with Crippen LogP contribution in [0, 0.1) is 5.92 Å². The highest BCUT2D eigenvalue weighted by molar-refractivity contribution is 7.20. The van der Waals surface area contributed by atoms with Gasteiger partial charge in [0.15, 0.2) is 5.13 Å². The molecule has 4 heterocycles. The molecule has 170 valence electrons. The minimum Gasteiger partial charge on any atom is -0.397 e. The summed E-state index contributed by atoms with van der Waals surface area (Å²) in [5.41, 5.74) is 10.4. The molecular formula is C25H22N6OS2. The summed E-state index contributed by atoms with van der Waals surface area (Å²) in [4.78, 5) is 23.4. The first-order chi connectivity index (χ1) is 16.6. The zero-order valence-corrected chi connectivity index (χ0v) is 19.8. The minimum atomic E-state index is -0.190. The third kappa shape index (κ3) is 4.15. The van der Waals surface area contributed by atoms with E-state index in [0.717, 1.165) is 38.7 Å². The molecule has 6 rings (SSSR count). The minimum absolute atomic E-state index is 0.190. The van der Waals surface area contributed by atoms with Crippen LogP contribution in [0.5, 0.6) is 0 Å². The normalized spacial score (nSPS) is 13.3. The average molecular weight is 487 g/mol. The zero-order chi connectivity index (χ0) is 23.1. The lowest BCUT2D eigenvalue weighted by Gasteiger charge is -2.07. The van der Waals surface area contributed by atoms with E-state index in [0.29, 0.717) is 16.3 Å². The Morgan fingerprint density at radius 1 is 1.03 bits per heavy atom. The first-order valence-electron chi connectivity index (χ1n) is 11.1. The number of carbonyl (C=O) groups is 1. The number of hydrogen-bond donors (Lipinski definition) is 3. The Morgan fingerprint density at radius 3 is 2.76 bits per heavy atom. The number of nitrogens with one attached hydrogen (secondary N) is 2. The summed E-state index contributed by atoms with van der Waals surface area (Å²) < 4.78 is 2.25. The van der Waals surface area contributed by atoms with Gasteiger partial charge in [0.1, 0.15) is 5.65 Å². The number of benzene rings is 1. The number of carbonyl (C=O) groups excluding carboxylic acids is 1. The number of pyridine rings is 1. The fourth-order valence-electron chi connectivity index (χ4n) is 3.93. The van der Waals surface area contributed by atoms with Crippen LogP contribution in [0.25, 0.3) is 16.2 Å². The molecule has 0 radical (unpaired) electrons. The van der Waals surface area contributed by atoms with Crippen LogP contribution in [-0.2, 0) is 6.42 Å². The lowest BCUT2D eigenvalue weighted by atomic mass is 10.2. The summed E-state index contributed by atoms with van der Waals surface area (Å²) in [5, 5.41) is 7.81. The van der Waals surface area contributed by atoms with Gasteiger partial charge in [-0.25, -0.2) is 9.97 Å². The second kappa shape index (κ2) is 8.58. The van der Waals surface area contributed by atoms with Crippen molar-refractivity contribution in [2.45, 2.75) is 19.3 Å². The predicted octanol–water partition coefficient (Wildman–Crippen LogP) is 6.05. The second-order valence-electron chi connectivity index (χ2n) is 8.36. The number of rotatable bonds is 7. The van der Waals surface area contributed by atoms with Crippen molar-refractivity contribution < 1.29 is 4.79 Å². The number of nitrogen functional groups attached to an aromatic ring is 1. The van der Waals surface area contributed by atoms with E-state index in [1.807, 2.05) is 36.7 Å². The van der Waals surface area contributed by atoms with Gasteiger partial charge in [0.2, 0.25) is 0 Å². The van der Waals surface area contributed by atoms with Gasteiger partial charge in [-0.05, 0) is 61.6 Å². The number of aromatic nitrogens is 3. The number of thiophene rings is 1. The Hall–Kier alpha value is -3.69. The van der Waals surface area contributed by atoms with Crippen molar-refractivity contribution in [3.63, 3.8) is 0 Å².